The molecule has 1 saturated heterocycles. The second-order valence-electron chi connectivity index (χ2n) is 3.87. The molecule has 0 unspecified atom stereocenters. The molecule has 0 saturated carbocycles. The van der Waals surface area contributed by atoms with Crippen molar-refractivity contribution in [2.24, 2.45) is 0 Å². The maximum atomic E-state index is 11.1. The molecular weight excluding hydrogens is 206 g/mol. The van der Waals surface area contributed by atoms with E-state index in [2.05, 4.69) is 9.97 Å². The third kappa shape index (κ3) is 2.68. The quantitative estimate of drug-likeness (QED) is 0.743. The maximum Gasteiger partial charge on any atom is 0.232 e. The van der Waals surface area contributed by atoms with Crippen LogP contribution in [0, 0.1) is 0 Å². The van der Waals surface area contributed by atoms with E-state index in [-0.39, 0.29) is 12.0 Å². The number of carbonyl (C=O) groups excluding carboxylic acids is 1. The van der Waals surface area contributed by atoms with Crippen LogP contribution in [-0.4, -0.2) is 40.0 Å². The molecule has 1 amide bonds. The van der Waals surface area contributed by atoms with Gasteiger partial charge in [-0.1, -0.05) is 0 Å². The van der Waals surface area contributed by atoms with Gasteiger partial charge in [0, 0.05) is 45.2 Å². The zero-order chi connectivity index (χ0) is 11.4. The number of piperidine rings is 1. The van der Waals surface area contributed by atoms with Gasteiger partial charge in [-0.3, -0.25) is 9.78 Å². The number of ether oxygens (including phenoxy) is 1. The van der Waals surface area contributed by atoms with Gasteiger partial charge in [-0.2, -0.15) is 0 Å². The number of hydrogen-bond acceptors (Lipinski definition) is 4. The summed E-state index contributed by atoms with van der Waals surface area (Å²) in [4.78, 5) is 21.0. The molecule has 0 aliphatic carbocycles. The van der Waals surface area contributed by atoms with E-state index in [1.54, 1.807) is 25.5 Å². The third-order valence-corrected chi connectivity index (χ3v) is 2.71. The molecular formula is C11H15N3O2. The topological polar surface area (TPSA) is 55.3 Å². The normalized spacial score (nSPS) is 17.2. The van der Waals surface area contributed by atoms with Crippen molar-refractivity contribution in [3.8, 4) is 5.88 Å². The van der Waals surface area contributed by atoms with Crippen LogP contribution in [0.15, 0.2) is 18.6 Å². The molecule has 2 heterocycles. The van der Waals surface area contributed by atoms with E-state index in [9.17, 15) is 4.79 Å². The number of nitrogens with zero attached hydrogens (tertiary/aromatic N) is 3. The molecule has 0 radical (unpaired) electrons. The largest absolute Gasteiger partial charge is 0.473 e. The van der Waals surface area contributed by atoms with Crippen LogP contribution in [0.3, 0.4) is 0 Å². The summed E-state index contributed by atoms with van der Waals surface area (Å²) in [7, 11) is 0. The first kappa shape index (κ1) is 10.9. The molecule has 0 N–H and O–H groups in total. The molecule has 0 spiro atoms. The molecule has 1 aliphatic rings. The Kier molecular flexibility index (Phi) is 3.34. The Balaban J connectivity index is 1.84. The molecule has 1 fully saturated rings. The highest BCUT2D eigenvalue weighted by atomic mass is 16.5. The summed E-state index contributed by atoms with van der Waals surface area (Å²) in [5.74, 6) is 0.696. The second-order valence-corrected chi connectivity index (χ2v) is 3.87. The fourth-order valence-corrected chi connectivity index (χ4v) is 1.81. The summed E-state index contributed by atoms with van der Waals surface area (Å²) in [6.07, 6.45) is 6.70. The zero-order valence-electron chi connectivity index (χ0n) is 9.30. The van der Waals surface area contributed by atoms with Crippen LogP contribution in [0.5, 0.6) is 5.88 Å². The van der Waals surface area contributed by atoms with Crippen molar-refractivity contribution < 1.29 is 9.53 Å². The highest BCUT2D eigenvalue weighted by Gasteiger charge is 2.22. The van der Waals surface area contributed by atoms with Crippen LogP contribution in [0.25, 0.3) is 0 Å². The van der Waals surface area contributed by atoms with E-state index in [1.165, 1.54) is 0 Å². The van der Waals surface area contributed by atoms with Gasteiger partial charge in [-0.05, 0) is 0 Å². The summed E-state index contributed by atoms with van der Waals surface area (Å²) < 4.78 is 5.67. The average molecular weight is 221 g/mol. The van der Waals surface area contributed by atoms with E-state index in [0.29, 0.717) is 5.88 Å². The predicted octanol–water partition coefficient (Wildman–Crippen LogP) is 0.866. The lowest BCUT2D eigenvalue weighted by Gasteiger charge is -2.31. The Morgan fingerprint density at radius 3 is 2.75 bits per heavy atom. The Morgan fingerprint density at radius 2 is 2.19 bits per heavy atom. The molecule has 5 nitrogen and oxygen atoms in total. The van der Waals surface area contributed by atoms with Crippen molar-refractivity contribution in [1.82, 2.24) is 14.9 Å². The van der Waals surface area contributed by atoms with Crippen LogP contribution >= 0.6 is 0 Å². The monoisotopic (exact) mass is 221 g/mol. The van der Waals surface area contributed by atoms with Gasteiger partial charge < -0.3 is 9.64 Å². The number of amides is 1. The van der Waals surface area contributed by atoms with Gasteiger partial charge in [0.15, 0.2) is 0 Å². The minimum absolute atomic E-state index is 0.137. The predicted molar refractivity (Wildman–Crippen MR) is 57.9 cm³/mol. The smallest absolute Gasteiger partial charge is 0.232 e. The lowest BCUT2D eigenvalue weighted by Crippen LogP contribution is -2.40. The van der Waals surface area contributed by atoms with Crippen molar-refractivity contribution in [3.05, 3.63) is 18.6 Å². The second kappa shape index (κ2) is 4.92. The first-order valence-corrected chi connectivity index (χ1v) is 5.44. The van der Waals surface area contributed by atoms with Crippen LogP contribution in [0.2, 0.25) is 0 Å². The molecule has 86 valence electrons. The van der Waals surface area contributed by atoms with Crippen LogP contribution < -0.4 is 4.74 Å². The molecule has 0 bridgehead atoms. The fraction of sp³-hybridized carbons (Fsp3) is 0.545. The van der Waals surface area contributed by atoms with Gasteiger partial charge >= 0.3 is 0 Å². The molecule has 0 atom stereocenters. The summed E-state index contributed by atoms with van der Waals surface area (Å²) in [6, 6.07) is 0. The first-order valence-electron chi connectivity index (χ1n) is 5.44. The summed E-state index contributed by atoms with van der Waals surface area (Å²) in [5, 5.41) is 0. The highest BCUT2D eigenvalue weighted by Crippen LogP contribution is 2.16. The van der Waals surface area contributed by atoms with Gasteiger partial charge in [0.1, 0.15) is 6.10 Å². The maximum absolute atomic E-state index is 11.1. The summed E-state index contributed by atoms with van der Waals surface area (Å²) in [5.41, 5.74) is 0. The Bertz CT molecular complexity index is 348. The zero-order valence-corrected chi connectivity index (χ0v) is 9.30. The molecule has 1 aromatic rings. The number of hydrogen-bond donors (Lipinski definition) is 0. The molecule has 16 heavy (non-hydrogen) atoms. The van der Waals surface area contributed by atoms with Gasteiger partial charge in [0.05, 0.1) is 6.20 Å². The van der Waals surface area contributed by atoms with E-state index in [1.807, 2.05) is 4.90 Å². The SMILES string of the molecule is CC(=O)N1CCC(Oc2cnccn2)CC1. The lowest BCUT2D eigenvalue weighted by atomic mass is 10.1. The van der Waals surface area contributed by atoms with Gasteiger partial charge in [0.2, 0.25) is 11.8 Å². The van der Waals surface area contributed by atoms with Crippen molar-refractivity contribution >= 4 is 5.91 Å². The van der Waals surface area contributed by atoms with E-state index >= 15 is 0 Å². The molecule has 1 aromatic heterocycles. The molecule has 1 aliphatic heterocycles. The van der Waals surface area contributed by atoms with Crippen LogP contribution in [0.1, 0.15) is 19.8 Å². The molecule has 5 heteroatoms. The van der Waals surface area contributed by atoms with E-state index in [4.69, 9.17) is 4.74 Å². The van der Waals surface area contributed by atoms with E-state index < -0.39 is 0 Å². The Hall–Kier alpha value is -1.65. The summed E-state index contributed by atoms with van der Waals surface area (Å²) >= 11 is 0. The Morgan fingerprint density at radius 1 is 1.44 bits per heavy atom. The van der Waals surface area contributed by atoms with Gasteiger partial charge in [-0.25, -0.2) is 4.98 Å². The van der Waals surface area contributed by atoms with Gasteiger partial charge in [0.25, 0.3) is 0 Å². The first-order chi connectivity index (χ1) is 7.75. The van der Waals surface area contributed by atoms with Crippen molar-refractivity contribution in [1.29, 1.82) is 0 Å². The van der Waals surface area contributed by atoms with Crippen LogP contribution in [-0.2, 0) is 4.79 Å². The average Bonchev–Trinajstić information content (AvgIpc) is 2.31. The lowest BCUT2D eigenvalue weighted by molar-refractivity contribution is -0.130. The van der Waals surface area contributed by atoms with Crippen molar-refractivity contribution in [2.75, 3.05) is 13.1 Å². The van der Waals surface area contributed by atoms with Crippen molar-refractivity contribution in [3.63, 3.8) is 0 Å². The Labute approximate surface area is 94.5 Å². The number of aromatic nitrogens is 2. The third-order valence-electron chi connectivity index (χ3n) is 2.71. The number of rotatable bonds is 2. The highest BCUT2D eigenvalue weighted by molar-refractivity contribution is 5.73. The number of carbonyl (C=O) groups is 1. The minimum Gasteiger partial charge on any atom is -0.473 e. The summed E-state index contributed by atoms with van der Waals surface area (Å²) in [6.45, 7) is 3.13. The van der Waals surface area contributed by atoms with Crippen molar-refractivity contribution in [2.45, 2.75) is 25.9 Å². The standard InChI is InChI=1S/C11H15N3O2/c1-9(15)14-6-2-10(3-7-14)16-11-8-12-4-5-13-11/h4-5,8,10H,2-3,6-7H2,1H3. The number of likely N-dealkylation sites (tertiary alicyclic amines) is 1. The van der Waals surface area contributed by atoms with E-state index in [0.717, 1.165) is 25.9 Å². The minimum atomic E-state index is 0.137. The fourth-order valence-electron chi connectivity index (χ4n) is 1.81. The molecule has 0 aromatic carbocycles. The molecule has 2 rings (SSSR count). The van der Waals surface area contributed by atoms with Crippen LogP contribution in [0.4, 0.5) is 0 Å². The van der Waals surface area contributed by atoms with Gasteiger partial charge in [-0.15, -0.1) is 0 Å².